The monoisotopic (exact) mass is 285 g/mol. The van der Waals surface area contributed by atoms with E-state index in [1.165, 1.54) is 0 Å². The van der Waals surface area contributed by atoms with E-state index in [0.29, 0.717) is 26.1 Å². The van der Waals surface area contributed by atoms with Crippen LogP contribution in [-0.2, 0) is 14.3 Å². The van der Waals surface area contributed by atoms with Crippen LogP contribution in [0.3, 0.4) is 0 Å². The van der Waals surface area contributed by atoms with E-state index in [1.807, 2.05) is 20.8 Å². The Morgan fingerprint density at radius 2 is 1.95 bits per heavy atom. The smallest absolute Gasteiger partial charge is 0.410 e. The van der Waals surface area contributed by atoms with Gasteiger partial charge >= 0.3 is 6.09 Å². The second kappa shape index (κ2) is 7.62. The van der Waals surface area contributed by atoms with Crippen LogP contribution in [0.1, 0.15) is 53.4 Å². The van der Waals surface area contributed by atoms with E-state index in [1.54, 1.807) is 11.8 Å². The van der Waals surface area contributed by atoms with Crippen LogP contribution in [0.4, 0.5) is 4.79 Å². The molecule has 1 aliphatic heterocycles. The van der Waals surface area contributed by atoms with Crippen molar-refractivity contribution in [1.29, 1.82) is 0 Å². The molecule has 0 radical (unpaired) electrons. The molecule has 1 rings (SSSR count). The fourth-order valence-electron chi connectivity index (χ4n) is 2.08. The van der Waals surface area contributed by atoms with Crippen molar-refractivity contribution < 1.29 is 19.1 Å². The van der Waals surface area contributed by atoms with Crippen molar-refractivity contribution in [1.82, 2.24) is 4.90 Å². The van der Waals surface area contributed by atoms with Crippen molar-refractivity contribution in [3.63, 3.8) is 0 Å². The number of carbonyl (C=O) groups excluding carboxylic acids is 2. The molecule has 0 bridgehead atoms. The van der Waals surface area contributed by atoms with Crippen molar-refractivity contribution >= 4 is 11.9 Å². The molecule has 1 saturated heterocycles. The SMILES string of the molecule is CC(=O)CCCCOC1CCN(C(=O)OC(C)(C)C)C1. The summed E-state index contributed by atoms with van der Waals surface area (Å²) in [5.41, 5.74) is -0.456. The predicted molar refractivity (Wildman–Crippen MR) is 76.7 cm³/mol. The lowest BCUT2D eigenvalue weighted by Gasteiger charge is -2.24. The third-order valence-corrected chi connectivity index (χ3v) is 3.07. The van der Waals surface area contributed by atoms with Gasteiger partial charge in [-0.1, -0.05) is 0 Å². The number of hydrogen-bond acceptors (Lipinski definition) is 4. The maximum absolute atomic E-state index is 11.9. The number of carbonyl (C=O) groups is 2. The highest BCUT2D eigenvalue weighted by Gasteiger charge is 2.29. The standard InChI is InChI=1S/C15H27NO4/c1-12(17)7-5-6-10-19-13-8-9-16(11-13)14(18)20-15(2,3)4/h13H,5-11H2,1-4H3. The van der Waals surface area contributed by atoms with E-state index < -0.39 is 5.60 Å². The quantitative estimate of drug-likeness (QED) is 0.704. The highest BCUT2D eigenvalue weighted by atomic mass is 16.6. The zero-order valence-corrected chi connectivity index (χ0v) is 13.1. The van der Waals surface area contributed by atoms with Gasteiger partial charge in [-0.2, -0.15) is 0 Å². The highest BCUT2D eigenvalue weighted by Crippen LogP contribution is 2.17. The summed E-state index contributed by atoms with van der Waals surface area (Å²) in [6.07, 6.45) is 3.07. The van der Waals surface area contributed by atoms with E-state index in [0.717, 1.165) is 19.3 Å². The number of amides is 1. The van der Waals surface area contributed by atoms with Gasteiger partial charge in [-0.05, 0) is 47.0 Å². The minimum absolute atomic E-state index is 0.0971. The van der Waals surface area contributed by atoms with Crippen LogP contribution < -0.4 is 0 Å². The lowest BCUT2D eigenvalue weighted by Crippen LogP contribution is -2.36. The first-order valence-electron chi connectivity index (χ1n) is 7.37. The van der Waals surface area contributed by atoms with Crippen LogP contribution in [0.25, 0.3) is 0 Å². The second-order valence-corrected chi connectivity index (χ2v) is 6.37. The molecule has 116 valence electrons. The van der Waals surface area contributed by atoms with Crippen LogP contribution in [0.2, 0.25) is 0 Å². The van der Waals surface area contributed by atoms with Crippen molar-refractivity contribution in [3.8, 4) is 0 Å². The lowest BCUT2D eigenvalue weighted by molar-refractivity contribution is -0.117. The van der Waals surface area contributed by atoms with Gasteiger partial charge in [-0.25, -0.2) is 4.79 Å². The summed E-state index contributed by atoms with van der Waals surface area (Å²) >= 11 is 0. The molecule has 0 aromatic carbocycles. The molecular weight excluding hydrogens is 258 g/mol. The number of ketones is 1. The maximum Gasteiger partial charge on any atom is 0.410 e. The highest BCUT2D eigenvalue weighted by molar-refractivity contribution is 5.75. The van der Waals surface area contributed by atoms with Gasteiger partial charge in [0.05, 0.1) is 12.6 Å². The molecule has 20 heavy (non-hydrogen) atoms. The zero-order chi connectivity index (χ0) is 15.2. The summed E-state index contributed by atoms with van der Waals surface area (Å²) in [7, 11) is 0. The van der Waals surface area contributed by atoms with Crippen molar-refractivity contribution in [2.75, 3.05) is 19.7 Å². The summed E-state index contributed by atoms with van der Waals surface area (Å²) in [6.45, 7) is 9.14. The largest absolute Gasteiger partial charge is 0.444 e. The molecule has 1 aliphatic rings. The predicted octanol–water partition coefficient (Wildman–Crippen LogP) is 2.77. The summed E-state index contributed by atoms with van der Waals surface area (Å²) in [4.78, 5) is 24.4. The van der Waals surface area contributed by atoms with Crippen LogP contribution in [-0.4, -0.2) is 48.2 Å². The molecule has 5 nitrogen and oxygen atoms in total. The van der Waals surface area contributed by atoms with Crippen molar-refractivity contribution in [2.45, 2.75) is 65.1 Å². The Morgan fingerprint density at radius 3 is 2.55 bits per heavy atom. The fourth-order valence-corrected chi connectivity index (χ4v) is 2.08. The summed E-state index contributed by atoms with van der Waals surface area (Å²) in [5, 5.41) is 0. The molecule has 0 aromatic rings. The Labute approximate surface area is 121 Å². The minimum atomic E-state index is -0.456. The number of unbranched alkanes of at least 4 members (excludes halogenated alkanes) is 1. The lowest BCUT2D eigenvalue weighted by atomic mass is 10.2. The van der Waals surface area contributed by atoms with E-state index in [9.17, 15) is 9.59 Å². The van der Waals surface area contributed by atoms with Crippen LogP contribution in [0.15, 0.2) is 0 Å². The van der Waals surface area contributed by atoms with Gasteiger partial charge in [0, 0.05) is 19.6 Å². The van der Waals surface area contributed by atoms with Gasteiger partial charge in [0.25, 0.3) is 0 Å². The van der Waals surface area contributed by atoms with E-state index >= 15 is 0 Å². The summed E-state index contributed by atoms with van der Waals surface area (Å²) < 4.78 is 11.1. The number of ether oxygens (including phenoxy) is 2. The number of rotatable bonds is 6. The molecule has 1 unspecified atom stereocenters. The third kappa shape index (κ3) is 6.89. The molecule has 0 aromatic heterocycles. The number of Topliss-reactive ketones (excluding diaryl/α,β-unsaturated/α-hetero) is 1. The van der Waals surface area contributed by atoms with Crippen LogP contribution in [0, 0.1) is 0 Å². The van der Waals surface area contributed by atoms with Gasteiger partial charge in [0.2, 0.25) is 0 Å². The zero-order valence-electron chi connectivity index (χ0n) is 13.1. The first-order valence-corrected chi connectivity index (χ1v) is 7.37. The number of hydrogen-bond donors (Lipinski definition) is 0. The van der Waals surface area contributed by atoms with Crippen molar-refractivity contribution in [2.24, 2.45) is 0 Å². The molecule has 5 heteroatoms. The van der Waals surface area contributed by atoms with E-state index in [4.69, 9.17) is 9.47 Å². The molecule has 0 N–H and O–H groups in total. The van der Waals surface area contributed by atoms with Crippen LogP contribution in [0.5, 0.6) is 0 Å². The topological polar surface area (TPSA) is 55.8 Å². The Kier molecular flexibility index (Phi) is 6.46. The molecule has 1 amide bonds. The molecule has 0 aliphatic carbocycles. The van der Waals surface area contributed by atoms with Gasteiger partial charge in [0.1, 0.15) is 11.4 Å². The average Bonchev–Trinajstić information content (AvgIpc) is 2.74. The average molecular weight is 285 g/mol. The maximum atomic E-state index is 11.9. The van der Waals surface area contributed by atoms with E-state index in [-0.39, 0.29) is 18.0 Å². The third-order valence-electron chi connectivity index (χ3n) is 3.07. The van der Waals surface area contributed by atoms with Gasteiger partial charge in [0.15, 0.2) is 0 Å². The Bertz CT molecular complexity index is 335. The Balaban J connectivity index is 2.16. The first kappa shape index (κ1) is 17.0. The molecule has 0 saturated carbocycles. The van der Waals surface area contributed by atoms with Crippen molar-refractivity contribution in [3.05, 3.63) is 0 Å². The van der Waals surface area contributed by atoms with Crippen LogP contribution >= 0.6 is 0 Å². The van der Waals surface area contributed by atoms with E-state index in [2.05, 4.69) is 0 Å². The van der Waals surface area contributed by atoms with Gasteiger partial charge < -0.3 is 19.2 Å². The Morgan fingerprint density at radius 1 is 1.25 bits per heavy atom. The van der Waals surface area contributed by atoms with Gasteiger partial charge in [-0.3, -0.25) is 0 Å². The number of likely N-dealkylation sites (tertiary alicyclic amines) is 1. The molecule has 1 heterocycles. The Hall–Kier alpha value is -1.10. The molecule has 1 atom stereocenters. The molecular formula is C15H27NO4. The summed E-state index contributed by atoms with van der Waals surface area (Å²) in [5.74, 6) is 0.224. The minimum Gasteiger partial charge on any atom is -0.444 e. The second-order valence-electron chi connectivity index (χ2n) is 6.37. The number of nitrogens with zero attached hydrogens (tertiary/aromatic N) is 1. The fraction of sp³-hybridized carbons (Fsp3) is 0.867. The first-order chi connectivity index (χ1) is 9.28. The normalized spacial score (nSPS) is 19.2. The summed E-state index contributed by atoms with van der Waals surface area (Å²) in [6, 6.07) is 0. The van der Waals surface area contributed by atoms with Gasteiger partial charge in [-0.15, -0.1) is 0 Å². The molecule has 0 spiro atoms. The molecule has 1 fully saturated rings.